The van der Waals surface area contributed by atoms with Crippen LogP contribution in [0.25, 0.3) is 12.2 Å². The zero-order valence-electron chi connectivity index (χ0n) is 28.1. The van der Waals surface area contributed by atoms with Gasteiger partial charge in [0.25, 0.3) is 5.91 Å². The molecule has 8 nitrogen and oxygen atoms in total. The lowest BCUT2D eigenvalue weighted by molar-refractivity contribution is -0.202. The van der Waals surface area contributed by atoms with E-state index < -0.39 is 69.3 Å². The molecule has 2 amide bonds. The zero-order valence-corrected chi connectivity index (χ0v) is 29.7. The van der Waals surface area contributed by atoms with E-state index in [9.17, 15) is 18.8 Å². The first-order valence-corrected chi connectivity index (χ1v) is 17.3. The van der Waals surface area contributed by atoms with Gasteiger partial charge in [0.1, 0.15) is 47.0 Å². The van der Waals surface area contributed by atoms with Crippen LogP contribution in [0.5, 0.6) is 5.75 Å². The molecule has 2 heterocycles. The SMILES string of the molecule is COc1cc(C(=O)NC[C@](C=O)(C2=CC3=C(OC[C@]3(C)C(N)=O)C(C)(c3ccc(F)c(Br)c3F)N2)C(F)(F)F)cc2c1=CCC(CCC1CC1)C=2. The Bertz CT molecular complexity index is 2010. The van der Waals surface area contributed by atoms with Gasteiger partial charge in [-0.05, 0) is 90.4 Å². The van der Waals surface area contributed by atoms with Gasteiger partial charge in [0.15, 0.2) is 5.41 Å². The fourth-order valence-corrected chi connectivity index (χ4v) is 7.45. The van der Waals surface area contributed by atoms with Crippen LogP contribution >= 0.6 is 15.9 Å². The van der Waals surface area contributed by atoms with E-state index in [4.69, 9.17) is 15.2 Å². The summed E-state index contributed by atoms with van der Waals surface area (Å²) in [6.45, 7) is 0.950. The van der Waals surface area contributed by atoms with Crippen molar-refractivity contribution in [2.24, 2.45) is 28.4 Å². The molecule has 4 aliphatic rings. The number of methoxy groups -OCH3 is 1. The number of primary amides is 1. The lowest BCUT2D eigenvalue weighted by Crippen LogP contribution is -2.57. The number of benzene rings is 2. The monoisotopic (exact) mass is 777 g/mol. The van der Waals surface area contributed by atoms with E-state index in [0.717, 1.165) is 53.8 Å². The Hall–Kier alpha value is -4.20. The summed E-state index contributed by atoms with van der Waals surface area (Å²) in [5.74, 6) is -2.76. The minimum Gasteiger partial charge on any atom is -0.496 e. The molecule has 2 aromatic rings. The Morgan fingerprint density at radius 1 is 1.18 bits per heavy atom. The van der Waals surface area contributed by atoms with Crippen LogP contribution in [-0.2, 0) is 19.9 Å². The molecular weight excluding hydrogens is 741 g/mol. The fourth-order valence-electron chi connectivity index (χ4n) is 7.11. The average molecular weight is 779 g/mol. The number of carbonyl (C=O) groups is 3. The van der Waals surface area contributed by atoms with Gasteiger partial charge >= 0.3 is 6.18 Å². The van der Waals surface area contributed by atoms with Gasteiger partial charge in [-0.2, -0.15) is 13.2 Å². The molecule has 6 rings (SSSR count). The van der Waals surface area contributed by atoms with Gasteiger partial charge in [-0.3, -0.25) is 9.59 Å². The predicted molar refractivity (Wildman–Crippen MR) is 181 cm³/mol. The molecule has 2 unspecified atom stereocenters. The molecule has 0 saturated heterocycles. The largest absolute Gasteiger partial charge is 0.496 e. The molecule has 0 aromatic heterocycles. The van der Waals surface area contributed by atoms with Crippen molar-refractivity contribution >= 4 is 46.2 Å². The van der Waals surface area contributed by atoms with Gasteiger partial charge in [0, 0.05) is 34.2 Å². The third-order valence-corrected chi connectivity index (χ3v) is 11.4. The highest BCUT2D eigenvalue weighted by molar-refractivity contribution is 9.10. The van der Waals surface area contributed by atoms with Gasteiger partial charge in [-0.25, -0.2) is 8.78 Å². The summed E-state index contributed by atoms with van der Waals surface area (Å²) >= 11 is 2.83. The Labute approximate surface area is 299 Å². The number of allylic oxidation sites excluding steroid dienone is 1. The van der Waals surface area contributed by atoms with Gasteiger partial charge in [-0.15, -0.1) is 0 Å². The Morgan fingerprint density at radius 3 is 2.53 bits per heavy atom. The molecule has 4 atom stereocenters. The van der Waals surface area contributed by atoms with E-state index in [1.165, 1.54) is 39.9 Å². The van der Waals surface area contributed by atoms with Crippen molar-refractivity contribution in [2.45, 2.75) is 57.7 Å². The van der Waals surface area contributed by atoms with E-state index in [0.29, 0.717) is 5.75 Å². The summed E-state index contributed by atoms with van der Waals surface area (Å²) in [7, 11) is 1.43. The number of amides is 2. The maximum atomic E-state index is 15.7. The fraction of sp³-hybridized carbons (Fsp3) is 0.432. The second kappa shape index (κ2) is 13.1. The van der Waals surface area contributed by atoms with Crippen LogP contribution in [0.15, 0.2) is 51.8 Å². The number of ether oxygens (including phenoxy) is 2. The summed E-state index contributed by atoms with van der Waals surface area (Å²) in [5, 5.41) is 6.43. The molecular formula is C37H37BrF5N3O5. The summed E-state index contributed by atoms with van der Waals surface area (Å²) < 4.78 is 86.7. The molecule has 0 radical (unpaired) electrons. The molecule has 51 heavy (non-hydrogen) atoms. The summed E-state index contributed by atoms with van der Waals surface area (Å²) in [6.07, 6.45) is 4.67. The molecule has 14 heteroatoms. The quantitative estimate of drug-likeness (QED) is 0.165. The van der Waals surface area contributed by atoms with Crippen LogP contribution in [0.4, 0.5) is 22.0 Å². The summed E-state index contributed by atoms with van der Waals surface area (Å²) in [6, 6.07) is 4.93. The Morgan fingerprint density at radius 2 is 1.90 bits per heavy atom. The van der Waals surface area contributed by atoms with E-state index in [2.05, 4.69) is 32.6 Å². The van der Waals surface area contributed by atoms with E-state index in [1.807, 2.05) is 6.08 Å². The Kier molecular flexibility index (Phi) is 9.39. The number of nitrogens with one attached hydrogen (secondary N) is 2. The highest BCUT2D eigenvalue weighted by atomic mass is 79.9. The van der Waals surface area contributed by atoms with E-state index >= 15 is 17.6 Å². The van der Waals surface area contributed by atoms with Gasteiger partial charge in [-0.1, -0.05) is 31.1 Å². The first-order chi connectivity index (χ1) is 24.0. The molecule has 4 N–H and O–H groups in total. The maximum Gasteiger partial charge on any atom is 0.408 e. The van der Waals surface area contributed by atoms with E-state index in [1.54, 1.807) is 6.07 Å². The first-order valence-electron chi connectivity index (χ1n) is 16.5. The molecule has 0 bridgehead atoms. The number of hydrogen-bond donors (Lipinski definition) is 3. The summed E-state index contributed by atoms with van der Waals surface area (Å²) in [4.78, 5) is 39.1. The molecule has 1 fully saturated rings. The third-order valence-electron chi connectivity index (χ3n) is 10.6. The van der Waals surface area contributed by atoms with Crippen molar-refractivity contribution in [3.63, 3.8) is 0 Å². The standard InChI is InChI=1S/C37H37BrF5N3O5/c1-34(33(44)49)18-51-31-25(34)15-28(46-35(31,2)24-10-11-26(39)29(38)30(24)40)36(17-47,37(41,42)43)16-45-32(48)22-13-21-12-20(7-6-19-4-5-19)8-9-23(21)27(14-22)50-3/h9-15,17,19-20,46H,4-8,16,18H2,1-3H3,(H2,44,49)(H,45,48)/t20?,34-,35?,36-/m0/s1. The number of alkyl halides is 3. The minimum absolute atomic E-state index is 0.0178. The Balaban J connectivity index is 1.40. The number of nitrogens with two attached hydrogens (primary N) is 1. The van der Waals surface area contributed by atoms with Crippen LogP contribution in [0.3, 0.4) is 0 Å². The number of hydrogen-bond acceptors (Lipinski definition) is 6. The second-order valence-electron chi connectivity index (χ2n) is 14.1. The average Bonchev–Trinajstić information content (AvgIpc) is 3.85. The summed E-state index contributed by atoms with van der Waals surface area (Å²) in [5.41, 5.74) is -2.72. The lowest BCUT2D eigenvalue weighted by atomic mass is 9.72. The number of fused-ring (bicyclic) bond motifs is 1. The van der Waals surface area contributed by atoms with Gasteiger partial charge in [0.05, 0.1) is 11.6 Å². The van der Waals surface area contributed by atoms with Crippen molar-refractivity contribution in [2.75, 3.05) is 20.3 Å². The first kappa shape index (κ1) is 36.6. The van der Waals surface area contributed by atoms with Crippen molar-refractivity contribution in [1.82, 2.24) is 10.6 Å². The van der Waals surface area contributed by atoms with E-state index in [-0.39, 0.29) is 34.7 Å². The van der Waals surface area contributed by atoms with Crippen LogP contribution < -0.4 is 31.5 Å². The molecule has 2 aromatic carbocycles. The normalized spacial score (nSPS) is 25.1. The number of halogens is 6. The van der Waals surface area contributed by atoms with Crippen LogP contribution in [0.1, 0.15) is 61.9 Å². The second-order valence-corrected chi connectivity index (χ2v) is 14.9. The minimum atomic E-state index is -5.34. The number of dihydropyridines is 1. The lowest BCUT2D eigenvalue weighted by Gasteiger charge is -2.43. The molecule has 2 aliphatic heterocycles. The van der Waals surface area contributed by atoms with Gasteiger partial charge in [0.2, 0.25) is 5.91 Å². The molecule has 272 valence electrons. The molecule has 1 saturated carbocycles. The van der Waals surface area contributed by atoms with Crippen LogP contribution in [0, 0.1) is 34.3 Å². The highest BCUT2D eigenvalue weighted by Gasteiger charge is 2.62. The number of rotatable bonds is 11. The zero-order chi connectivity index (χ0) is 37.1. The smallest absolute Gasteiger partial charge is 0.408 e. The van der Waals surface area contributed by atoms with Crippen LogP contribution in [-0.4, -0.2) is 44.5 Å². The maximum absolute atomic E-state index is 15.7. The van der Waals surface area contributed by atoms with Crippen molar-refractivity contribution in [1.29, 1.82) is 0 Å². The topological polar surface area (TPSA) is 120 Å². The van der Waals surface area contributed by atoms with Crippen molar-refractivity contribution in [3.05, 3.63) is 85.0 Å². The van der Waals surface area contributed by atoms with Crippen LogP contribution in [0.2, 0.25) is 0 Å². The van der Waals surface area contributed by atoms with Crippen molar-refractivity contribution in [3.8, 4) is 5.75 Å². The van der Waals surface area contributed by atoms with Crippen molar-refractivity contribution < 1.29 is 45.8 Å². The molecule has 2 aliphatic carbocycles. The third kappa shape index (κ3) is 6.23. The number of aldehydes is 1. The highest BCUT2D eigenvalue weighted by Crippen LogP contribution is 2.53. The van der Waals surface area contributed by atoms with Gasteiger partial charge < -0.3 is 30.6 Å². The predicted octanol–water partition coefficient (Wildman–Crippen LogP) is 5.16. The number of carbonyl (C=O) groups excluding carboxylic acids is 3. The molecule has 0 spiro atoms.